The molecule has 0 aliphatic carbocycles. The molecule has 0 spiro atoms. The van der Waals surface area contributed by atoms with Gasteiger partial charge in [-0.05, 0) is 17.0 Å². The maximum Gasteiger partial charge on any atom is 0.0809 e. The van der Waals surface area contributed by atoms with Gasteiger partial charge in [0.1, 0.15) is 0 Å². The van der Waals surface area contributed by atoms with Crippen LogP contribution in [-0.2, 0) is 17.9 Å². The van der Waals surface area contributed by atoms with Crippen LogP contribution in [0, 0.1) is 5.41 Å². The Bertz CT molecular complexity index is 479. The number of thiophene rings is 1. The first-order valence-corrected chi connectivity index (χ1v) is 7.88. The molecular weight excluding hydrogens is 266 g/mol. The van der Waals surface area contributed by atoms with Crippen LogP contribution in [0.25, 0.3) is 0 Å². The van der Waals surface area contributed by atoms with E-state index in [0.29, 0.717) is 0 Å². The Morgan fingerprint density at radius 1 is 1.10 bits per heavy atom. The lowest BCUT2D eigenvalue weighted by molar-refractivity contribution is 0.0525. The molecule has 2 nitrogen and oxygen atoms in total. The highest BCUT2D eigenvalue weighted by Gasteiger charge is 2.17. The second-order valence-electron chi connectivity index (χ2n) is 5.83. The fraction of sp³-hybridized carbons (Fsp3) is 0.412. The lowest BCUT2D eigenvalue weighted by Gasteiger charge is -2.24. The zero-order valence-corrected chi connectivity index (χ0v) is 13.1. The topological polar surface area (TPSA) is 21.3 Å². The molecule has 1 aromatic carbocycles. The molecule has 2 rings (SSSR count). The Labute approximate surface area is 125 Å². The summed E-state index contributed by atoms with van der Waals surface area (Å²) >= 11 is 1.75. The molecule has 3 heteroatoms. The molecule has 20 heavy (non-hydrogen) atoms. The Morgan fingerprint density at radius 3 is 2.60 bits per heavy atom. The molecule has 0 aliphatic heterocycles. The number of ether oxygens (including phenoxy) is 1. The number of benzene rings is 1. The predicted molar refractivity (Wildman–Crippen MR) is 85.9 cm³/mol. The van der Waals surface area contributed by atoms with Crippen LogP contribution in [0.4, 0.5) is 0 Å². The quantitative estimate of drug-likeness (QED) is 0.790. The van der Waals surface area contributed by atoms with E-state index in [1.54, 1.807) is 11.3 Å². The van der Waals surface area contributed by atoms with Crippen LogP contribution in [0.3, 0.4) is 0 Å². The standard InChI is InChI=1S/C17H23NOS/c1-17(2,14-19-12-16-9-6-10-20-16)13-18-11-15-7-4-3-5-8-15/h3-10,18H,11-14H2,1-2H3. The van der Waals surface area contributed by atoms with Gasteiger partial charge in [-0.25, -0.2) is 0 Å². The molecule has 108 valence electrons. The zero-order chi connectivity index (χ0) is 14.3. The van der Waals surface area contributed by atoms with Crippen molar-refractivity contribution in [1.29, 1.82) is 0 Å². The van der Waals surface area contributed by atoms with Crippen molar-refractivity contribution in [2.75, 3.05) is 13.2 Å². The van der Waals surface area contributed by atoms with E-state index in [-0.39, 0.29) is 5.41 Å². The van der Waals surface area contributed by atoms with Gasteiger partial charge in [-0.3, -0.25) is 0 Å². The van der Waals surface area contributed by atoms with Gasteiger partial charge in [-0.2, -0.15) is 0 Å². The van der Waals surface area contributed by atoms with Crippen LogP contribution in [0.5, 0.6) is 0 Å². The van der Waals surface area contributed by atoms with Crippen molar-refractivity contribution < 1.29 is 4.74 Å². The highest BCUT2D eigenvalue weighted by molar-refractivity contribution is 7.09. The second-order valence-corrected chi connectivity index (χ2v) is 6.86. The first-order valence-electron chi connectivity index (χ1n) is 7.00. The summed E-state index contributed by atoms with van der Waals surface area (Å²) in [5.41, 5.74) is 1.47. The molecule has 0 amide bonds. The second kappa shape index (κ2) is 7.58. The average Bonchev–Trinajstić information content (AvgIpc) is 2.93. The first-order chi connectivity index (χ1) is 9.66. The summed E-state index contributed by atoms with van der Waals surface area (Å²) in [5.74, 6) is 0. The molecule has 1 N–H and O–H groups in total. The average molecular weight is 289 g/mol. The third kappa shape index (κ3) is 5.45. The minimum atomic E-state index is 0.145. The fourth-order valence-corrected chi connectivity index (χ4v) is 2.66. The molecule has 0 fully saturated rings. The van der Waals surface area contributed by atoms with Gasteiger partial charge in [0.15, 0.2) is 0 Å². The molecule has 0 bridgehead atoms. The van der Waals surface area contributed by atoms with Gasteiger partial charge >= 0.3 is 0 Å². The maximum atomic E-state index is 5.82. The molecular formula is C17H23NOS. The largest absolute Gasteiger partial charge is 0.375 e. The van der Waals surface area contributed by atoms with Crippen molar-refractivity contribution in [3.8, 4) is 0 Å². The number of rotatable bonds is 8. The first kappa shape index (κ1) is 15.2. The Morgan fingerprint density at radius 2 is 1.90 bits per heavy atom. The highest BCUT2D eigenvalue weighted by atomic mass is 32.1. The van der Waals surface area contributed by atoms with E-state index in [9.17, 15) is 0 Å². The maximum absolute atomic E-state index is 5.82. The molecule has 1 aromatic heterocycles. The third-order valence-electron chi connectivity index (χ3n) is 3.09. The molecule has 0 aliphatic rings. The highest BCUT2D eigenvalue weighted by Crippen LogP contribution is 2.17. The Balaban J connectivity index is 1.65. The molecule has 0 radical (unpaired) electrons. The van der Waals surface area contributed by atoms with Crippen LogP contribution in [0.15, 0.2) is 47.8 Å². The minimum absolute atomic E-state index is 0.145. The van der Waals surface area contributed by atoms with E-state index in [1.807, 2.05) is 6.07 Å². The Hall–Kier alpha value is -1.16. The molecule has 0 saturated carbocycles. The molecule has 0 atom stereocenters. The van der Waals surface area contributed by atoms with Crippen LogP contribution >= 0.6 is 11.3 Å². The third-order valence-corrected chi connectivity index (χ3v) is 3.94. The van der Waals surface area contributed by atoms with E-state index in [1.165, 1.54) is 10.4 Å². The number of hydrogen-bond donors (Lipinski definition) is 1. The Kier molecular flexibility index (Phi) is 5.77. The van der Waals surface area contributed by atoms with Crippen LogP contribution in [0.2, 0.25) is 0 Å². The summed E-state index contributed by atoms with van der Waals surface area (Å²) in [5, 5.41) is 5.60. The van der Waals surface area contributed by atoms with Gasteiger partial charge in [0.2, 0.25) is 0 Å². The predicted octanol–water partition coefficient (Wildman–Crippen LogP) is 4.08. The molecule has 2 aromatic rings. The summed E-state index contributed by atoms with van der Waals surface area (Å²) < 4.78 is 5.82. The minimum Gasteiger partial charge on any atom is -0.375 e. The summed E-state index contributed by atoms with van der Waals surface area (Å²) in [7, 11) is 0. The van der Waals surface area contributed by atoms with E-state index in [0.717, 1.165) is 26.3 Å². The van der Waals surface area contributed by atoms with Gasteiger partial charge < -0.3 is 10.1 Å². The zero-order valence-electron chi connectivity index (χ0n) is 12.3. The van der Waals surface area contributed by atoms with Crippen molar-refractivity contribution in [1.82, 2.24) is 5.32 Å². The van der Waals surface area contributed by atoms with Gasteiger partial charge in [-0.1, -0.05) is 50.2 Å². The molecule has 1 heterocycles. The van der Waals surface area contributed by atoms with Crippen LogP contribution < -0.4 is 5.32 Å². The van der Waals surface area contributed by atoms with Gasteiger partial charge in [0.25, 0.3) is 0 Å². The van der Waals surface area contributed by atoms with E-state index in [2.05, 4.69) is 60.9 Å². The smallest absolute Gasteiger partial charge is 0.0809 e. The summed E-state index contributed by atoms with van der Waals surface area (Å²) in [6.45, 7) is 7.83. The van der Waals surface area contributed by atoms with Crippen LogP contribution in [0.1, 0.15) is 24.3 Å². The fourth-order valence-electron chi connectivity index (χ4n) is 2.01. The van der Waals surface area contributed by atoms with Gasteiger partial charge in [-0.15, -0.1) is 11.3 Å². The van der Waals surface area contributed by atoms with Gasteiger partial charge in [0, 0.05) is 23.4 Å². The summed E-state index contributed by atoms with van der Waals surface area (Å²) in [6.07, 6.45) is 0. The van der Waals surface area contributed by atoms with Crippen LogP contribution in [-0.4, -0.2) is 13.2 Å². The van der Waals surface area contributed by atoms with E-state index >= 15 is 0 Å². The lowest BCUT2D eigenvalue weighted by atomic mass is 9.95. The van der Waals surface area contributed by atoms with Gasteiger partial charge in [0.05, 0.1) is 13.2 Å². The number of nitrogens with one attached hydrogen (secondary N) is 1. The van der Waals surface area contributed by atoms with Crippen molar-refractivity contribution in [2.45, 2.75) is 27.0 Å². The summed E-state index contributed by atoms with van der Waals surface area (Å²) in [6, 6.07) is 14.7. The van der Waals surface area contributed by atoms with Crippen molar-refractivity contribution in [3.05, 3.63) is 58.3 Å². The normalized spacial score (nSPS) is 11.7. The lowest BCUT2D eigenvalue weighted by Crippen LogP contribution is -2.32. The molecule has 0 saturated heterocycles. The summed E-state index contributed by atoms with van der Waals surface area (Å²) in [4.78, 5) is 1.29. The van der Waals surface area contributed by atoms with E-state index < -0.39 is 0 Å². The SMILES string of the molecule is CC(C)(CNCc1ccccc1)COCc1cccs1. The van der Waals surface area contributed by atoms with E-state index in [4.69, 9.17) is 4.74 Å². The monoisotopic (exact) mass is 289 g/mol. The molecule has 0 unspecified atom stereocenters. The van der Waals surface area contributed by atoms with Crippen molar-refractivity contribution >= 4 is 11.3 Å². The van der Waals surface area contributed by atoms with Crippen molar-refractivity contribution in [3.63, 3.8) is 0 Å². The number of hydrogen-bond acceptors (Lipinski definition) is 3. The van der Waals surface area contributed by atoms with Crippen molar-refractivity contribution in [2.24, 2.45) is 5.41 Å².